The molecule has 1 radical (unpaired) electrons. The smallest absolute Gasteiger partial charge is 0.408 e. The molecule has 1 aromatic carbocycles. The summed E-state index contributed by atoms with van der Waals surface area (Å²) in [6.07, 6.45) is 0.602. The maximum absolute atomic E-state index is 11.6. The van der Waals surface area contributed by atoms with Crippen LogP contribution in [-0.2, 0) is 20.9 Å². The molecule has 0 aliphatic heterocycles. The van der Waals surface area contributed by atoms with E-state index in [0.717, 1.165) is 5.56 Å². The second kappa shape index (κ2) is 7.78. The summed E-state index contributed by atoms with van der Waals surface area (Å²) in [6, 6.07) is 8.71. The summed E-state index contributed by atoms with van der Waals surface area (Å²) < 4.78 is 10.7. The standard InChI is InChI=1S/C16H22NO4/c1-12(20-11-13-8-6-5-7-9-13)14(10-18)17-15(19)21-16(2,3)4/h5-9,12,14H,11H2,1-4H3,(H,17,19)/t12-,14-/m1/s1. The molecule has 21 heavy (non-hydrogen) atoms. The molecule has 0 aromatic heterocycles. The Bertz CT molecular complexity index is 453. The van der Waals surface area contributed by atoms with Gasteiger partial charge in [-0.25, -0.2) is 4.79 Å². The number of rotatable bonds is 6. The van der Waals surface area contributed by atoms with Crippen LogP contribution in [0, 0.1) is 0 Å². The van der Waals surface area contributed by atoms with E-state index in [9.17, 15) is 9.59 Å². The Morgan fingerprint density at radius 1 is 1.29 bits per heavy atom. The summed E-state index contributed by atoms with van der Waals surface area (Å²) in [4.78, 5) is 22.6. The summed E-state index contributed by atoms with van der Waals surface area (Å²) in [5.41, 5.74) is 0.373. The van der Waals surface area contributed by atoms with Gasteiger partial charge in [-0.3, -0.25) is 4.79 Å². The Balaban J connectivity index is 2.47. The Kier molecular flexibility index (Phi) is 6.37. The van der Waals surface area contributed by atoms with Gasteiger partial charge >= 0.3 is 6.09 Å². The van der Waals surface area contributed by atoms with Crippen LogP contribution in [0.25, 0.3) is 0 Å². The number of ether oxygens (including phenoxy) is 2. The first-order valence-electron chi connectivity index (χ1n) is 6.84. The number of benzene rings is 1. The van der Waals surface area contributed by atoms with Crippen LogP contribution in [0.2, 0.25) is 0 Å². The van der Waals surface area contributed by atoms with Gasteiger partial charge in [0.05, 0.1) is 12.7 Å². The molecule has 0 aliphatic rings. The van der Waals surface area contributed by atoms with E-state index in [1.165, 1.54) is 0 Å². The van der Waals surface area contributed by atoms with Crippen molar-refractivity contribution in [3.8, 4) is 0 Å². The first-order chi connectivity index (χ1) is 9.81. The van der Waals surface area contributed by atoms with Gasteiger partial charge in [-0.15, -0.1) is 0 Å². The first-order valence-corrected chi connectivity index (χ1v) is 6.84. The minimum atomic E-state index is -0.872. The van der Waals surface area contributed by atoms with Gasteiger partial charge in [-0.1, -0.05) is 30.3 Å². The van der Waals surface area contributed by atoms with Crippen LogP contribution in [0.5, 0.6) is 0 Å². The van der Waals surface area contributed by atoms with Crippen LogP contribution in [-0.4, -0.2) is 30.1 Å². The van der Waals surface area contributed by atoms with Gasteiger partial charge in [-0.2, -0.15) is 0 Å². The molecule has 1 amide bonds. The van der Waals surface area contributed by atoms with Gasteiger partial charge in [0, 0.05) is 0 Å². The molecular formula is C16H22NO4. The second-order valence-electron chi connectivity index (χ2n) is 5.74. The van der Waals surface area contributed by atoms with Gasteiger partial charge in [-0.05, 0) is 33.3 Å². The quantitative estimate of drug-likeness (QED) is 0.875. The number of nitrogens with one attached hydrogen (secondary N) is 1. The van der Waals surface area contributed by atoms with Crippen LogP contribution in [0.15, 0.2) is 30.3 Å². The van der Waals surface area contributed by atoms with Gasteiger partial charge in [0.2, 0.25) is 6.29 Å². The van der Waals surface area contributed by atoms with Gasteiger partial charge in [0.1, 0.15) is 11.6 Å². The van der Waals surface area contributed by atoms with E-state index in [0.29, 0.717) is 6.61 Å². The Hall–Kier alpha value is -1.88. The highest BCUT2D eigenvalue weighted by Gasteiger charge is 2.24. The highest BCUT2D eigenvalue weighted by molar-refractivity contribution is 5.74. The molecule has 1 N–H and O–H groups in total. The summed E-state index contributed by atoms with van der Waals surface area (Å²) >= 11 is 0. The van der Waals surface area contributed by atoms with E-state index in [1.54, 1.807) is 34.0 Å². The normalized spacial score (nSPS) is 14.1. The molecule has 2 atom stereocenters. The molecule has 115 valence electrons. The monoisotopic (exact) mass is 292 g/mol. The summed E-state index contributed by atoms with van der Waals surface area (Å²) in [7, 11) is 0. The van der Waals surface area contributed by atoms with E-state index in [2.05, 4.69) is 5.32 Å². The van der Waals surface area contributed by atoms with Crippen molar-refractivity contribution in [2.45, 2.75) is 52.0 Å². The largest absolute Gasteiger partial charge is 0.444 e. The first kappa shape index (κ1) is 17.2. The molecule has 0 unspecified atom stereocenters. The number of carbonyl (C=O) groups is 1. The number of hydrogen-bond donors (Lipinski definition) is 1. The fraction of sp³-hybridized carbons (Fsp3) is 0.500. The molecule has 5 heteroatoms. The lowest BCUT2D eigenvalue weighted by Gasteiger charge is -2.24. The van der Waals surface area contributed by atoms with Crippen LogP contribution < -0.4 is 5.32 Å². The zero-order chi connectivity index (χ0) is 15.9. The maximum atomic E-state index is 11.6. The number of amides is 1. The van der Waals surface area contributed by atoms with Crippen molar-refractivity contribution in [3.05, 3.63) is 35.9 Å². The zero-order valence-electron chi connectivity index (χ0n) is 12.9. The summed E-state index contributed by atoms with van der Waals surface area (Å²) in [5, 5.41) is 2.45. The Labute approximate surface area is 125 Å². The molecule has 0 heterocycles. The summed E-state index contributed by atoms with van der Waals surface area (Å²) in [6.45, 7) is 7.32. The van der Waals surface area contributed by atoms with Crippen molar-refractivity contribution in [1.82, 2.24) is 5.32 Å². The van der Waals surface area contributed by atoms with Crippen molar-refractivity contribution < 1.29 is 19.1 Å². The molecule has 0 fully saturated rings. The van der Waals surface area contributed by atoms with Crippen molar-refractivity contribution in [2.24, 2.45) is 0 Å². The predicted molar refractivity (Wildman–Crippen MR) is 79.5 cm³/mol. The van der Waals surface area contributed by atoms with Crippen molar-refractivity contribution in [3.63, 3.8) is 0 Å². The number of hydrogen-bond acceptors (Lipinski definition) is 4. The van der Waals surface area contributed by atoms with Gasteiger partial charge in [0.25, 0.3) is 0 Å². The van der Waals surface area contributed by atoms with Crippen molar-refractivity contribution >= 4 is 12.4 Å². The lowest BCUT2D eigenvalue weighted by Crippen LogP contribution is -2.46. The highest BCUT2D eigenvalue weighted by atomic mass is 16.6. The van der Waals surface area contributed by atoms with Gasteiger partial charge in [0.15, 0.2) is 0 Å². The average molecular weight is 292 g/mol. The maximum Gasteiger partial charge on any atom is 0.408 e. The third kappa shape index (κ3) is 6.90. The number of alkyl carbamates (subject to hydrolysis) is 1. The molecule has 5 nitrogen and oxygen atoms in total. The lowest BCUT2D eigenvalue weighted by molar-refractivity contribution is 0.0260. The third-order valence-electron chi connectivity index (χ3n) is 2.62. The Morgan fingerprint density at radius 2 is 1.90 bits per heavy atom. The van der Waals surface area contributed by atoms with Crippen LogP contribution in [0.3, 0.4) is 0 Å². The average Bonchev–Trinajstić information content (AvgIpc) is 2.41. The van der Waals surface area contributed by atoms with E-state index in [1.807, 2.05) is 30.3 Å². The zero-order valence-corrected chi connectivity index (χ0v) is 12.9. The van der Waals surface area contributed by atoms with Gasteiger partial charge < -0.3 is 14.8 Å². The molecular weight excluding hydrogens is 270 g/mol. The predicted octanol–water partition coefficient (Wildman–Crippen LogP) is 2.59. The van der Waals surface area contributed by atoms with E-state index >= 15 is 0 Å². The summed E-state index contributed by atoms with van der Waals surface area (Å²) in [5.74, 6) is 0. The van der Waals surface area contributed by atoms with Crippen LogP contribution in [0.1, 0.15) is 33.3 Å². The molecule has 0 saturated heterocycles. The van der Waals surface area contributed by atoms with E-state index in [4.69, 9.17) is 9.47 Å². The topological polar surface area (TPSA) is 64.6 Å². The van der Waals surface area contributed by atoms with Crippen LogP contribution >= 0.6 is 0 Å². The fourth-order valence-corrected chi connectivity index (χ4v) is 1.58. The Morgan fingerprint density at radius 3 is 2.43 bits per heavy atom. The molecule has 0 aliphatic carbocycles. The fourth-order valence-electron chi connectivity index (χ4n) is 1.58. The van der Waals surface area contributed by atoms with E-state index in [-0.39, 0.29) is 0 Å². The van der Waals surface area contributed by atoms with Crippen LogP contribution in [0.4, 0.5) is 4.79 Å². The minimum absolute atomic E-state index is 0.357. The molecule has 1 rings (SSSR count). The molecule has 1 aromatic rings. The molecule has 0 spiro atoms. The molecule has 0 saturated carbocycles. The lowest BCUT2D eigenvalue weighted by atomic mass is 10.2. The SMILES string of the molecule is C[C@@H](OCc1ccccc1)[C@@H]([C]=O)NC(=O)OC(C)(C)C. The van der Waals surface area contributed by atoms with Crippen molar-refractivity contribution in [1.29, 1.82) is 0 Å². The minimum Gasteiger partial charge on any atom is -0.444 e. The number of carbonyl (C=O) groups excluding carboxylic acids is 2. The van der Waals surface area contributed by atoms with Crippen molar-refractivity contribution in [2.75, 3.05) is 0 Å². The third-order valence-corrected chi connectivity index (χ3v) is 2.62. The second-order valence-corrected chi connectivity index (χ2v) is 5.74. The highest BCUT2D eigenvalue weighted by Crippen LogP contribution is 2.09. The molecule has 0 bridgehead atoms. The van der Waals surface area contributed by atoms with E-state index < -0.39 is 23.8 Å².